The van der Waals surface area contributed by atoms with Crippen molar-refractivity contribution in [2.24, 2.45) is 10.9 Å². The molecule has 0 heterocycles. The number of carbonyl (C=O) groups is 1. The molecule has 1 N–H and O–H groups in total. The summed E-state index contributed by atoms with van der Waals surface area (Å²) in [5.41, 5.74) is 2.17. The zero-order valence-corrected chi connectivity index (χ0v) is 14.3. The van der Waals surface area contributed by atoms with Crippen molar-refractivity contribution in [3.05, 3.63) is 42.0 Å². The van der Waals surface area contributed by atoms with Gasteiger partial charge in [-0.2, -0.15) is 0 Å². The first-order valence-electron chi connectivity index (χ1n) is 7.69. The third-order valence-electron chi connectivity index (χ3n) is 3.74. The first-order valence-corrected chi connectivity index (χ1v) is 7.69. The number of phenols is 1. The third kappa shape index (κ3) is 5.09. The highest BCUT2D eigenvalue weighted by Gasteiger charge is 2.13. The summed E-state index contributed by atoms with van der Waals surface area (Å²) in [7, 11) is 1.44. The minimum Gasteiger partial charge on any atom is -0.504 e. The fraction of sp³-hybridized carbons (Fsp3) is 0.368. The molecule has 1 unspecified atom stereocenters. The molecule has 1 aromatic rings. The molecule has 0 saturated carbocycles. The molecule has 0 aliphatic rings. The number of hydrogen-bond acceptors (Lipinski definition) is 4. The average molecular weight is 315 g/mol. The second-order valence-electron chi connectivity index (χ2n) is 5.28. The number of Topliss-reactive ketones (excluding diaryl/α,β-unsaturated/α-hetero) is 1. The van der Waals surface area contributed by atoms with Crippen LogP contribution < -0.4 is 4.74 Å². The van der Waals surface area contributed by atoms with Crippen molar-refractivity contribution in [2.45, 2.75) is 33.6 Å². The minimum atomic E-state index is -0.131. The van der Waals surface area contributed by atoms with Gasteiger partial charge in [-0.05, 0) is 32.8 Å². The topological polar surface area (TPSA) is 58.9 Å². The highest BCUT2D eigenvalue weighted by Crippen LogP contribution is 2.34. The number of ether oxygens (including phenoxy) is 1. The molecule has 0 fully saturated rings. The maximum absolute atomic E-state index is 11.8. The molecule has 0 saturated heterocycles. The molecule has 1 rings (SSSR count). The van der Waals surface area contributed by atoms with E-state index in [4.69, 9.17) is 4.74 Å². The number of methoxy groups -OCH3 is 1. The van der Waals surface area contributed by atoms with Crippen LogP contribution in [0, 0.1) is 5.92 Å². The predicted octanol–water partition coefficient (Wildman–Crippen LogP) is 4.85. The Balaban J connectivity index is 3.12. The molecule has 0 bridgehead atoms. The summed E-state index contributed by atoms with van der Waals surface area (Å²) in [6.45, 7) is 9.44. The van der Waals surface area contributed by atoms with Crippen LogP contribution in [0.5, 0.6) is 11.5 Å². The monoisotopic (exact) mass is 315 g/mol. The summed E-state index contributed by atoms with van der Waals surface area (Å²) in [5.74, 6) is 0.164. The summed E-state index contributed by atoms with van der Waals surface area (Å²) in [5, 5.41) is 9.90. The van der Waals surface area contributed by atoms with Crippen LogP contribution in [0.15, 0.2) is 41.4 Å². The lowest BCUT2D eigenvalue weighted by molar-refractivity contribution is 0.101. The van der Waals surface area contributed by atoms with Crippen LogP contribution in [-0.2, 0) is 0 Å². The van der Waals surface area contributed by atoms with E-state index in [1.165, 1.54) is 31.7 Å². The number of allylic oxidation sites excluding steroid dienone is 3. The van der Waals surface area contributed by atoms with Gasteiger partial charge in [0.25, 0.3) is 0 Å². The van der Waals surface area contributed by atoms with Crippen molar-refractivity contribution in [1.82, 2.24) is 0 Å². The van der Waals surface area contributed by atoms with E-state index in [2.05, 4.69) is 24.6 Å². The van der Waals surface area contributed by atoms with E-state index >= 15 is 0 Å². The van der Waals surface area contributed by atoms with Gasteiger partial charge in [0.2, 0.25) is 0 Å². The zero-order valence-electron chi connectivity index (χ0n) is 14.3. The SMILES string of the molecule is C=CC(/C=N\c1cc(O)c(OC)cc1C(C)=O)C/C(=C\C)CC. The summed E-state index contributed by atoms with van der Waals surface area (Å²) in [6.07, 6.45) is 7.53. The lowest BCUT2D eigenvalue weighted by atomic mass is 9.98. The smallest absolute Gasteiger partial charge is 0.162 e. The zero-order chi connectivity index (χ0) is 17.4. The van der Waals surface area contributed by atoms with Crippen LogP contribution in [0.4, 0.5) is 5.69 Å². The molecule has 23 heavy (non-hydrogen) atoms. The van der Waals surface area contributed by atoms with E-state index in [1.807, 2.05) is 13.0 Å². The fourth-order valence-electron chi connectivity index (χ4n) is 2.25. The molecule has 4 heteroatoms. The molecule has 0 radical (unpaired) electrons. The van der Waals surface area contributed by atoms with E-state index < -0.39 is 0 Å². The van der Waals surface area contributed by atoms with Gasteiger partial charge in [0, 0.05) is 23.8 Å². The quantitative estimate of drug-likeness (QED) is 0.423. The standard InChI is InChI=1S/C19H25NO3/c1-6-14(7-2)9-15(8-3)12-20-17-11-18(22)19(23-5)10-16(17)13(4)21/h6,8,10-12,15,22H,3,7,9H2,1-2,4-5H3/b14-6-,20-12-. The molecule has 1 aromatic carbocycles. The molecular weight excluding hydrogens is 290 g/mol. The highest BCUT2D eigenvalue weighted by molar-refractivity contribution is 6.00. The van der Waals surface area contributed by atoms with E-state index in [0.29, 0.717) is 11.3 Å². The van der Waals surface area contributed by atoms with Gasteiger partial charge in [0.1, 0.15) is 0 Å². The Kier molecular flexibility index (Phi) is 7.26. The number of ketones is 1. The van der Waals surface area contributed by atoms with Crippen molar-refractivity contribution in [2.75, 3.05) is 7.11 Å². The Morgan fingerprint density at radius 1 is 1.48 bits per heavy atom. The Hall–Kier alpha value is -2.36. The summed E-state index contributed by atoms with van der Waals surface area (Å²) >= 11 is 0. The van der Waals surface area contributed by atoms with Crippen molar-refractivity contribution in [1.29, 1.82) is 0 Å². The summed E-state index contributed by atoms with van der Waals surface area (Å²) in [4.78, 5) is 16.2. The largest absolute Gasteiger partial charge is 0.504 e. The number of phenolic OH excluding ortho intramolecular Hbond substituents is 1. The molecule has 1 atom stereocenters. The van der Waals surface area contributed by atoms with E-state index in [-0.39, 0.29) is 23.2 Å². The Morgan fingerprint density at radius 2 is 2.17 bits per heavy atom. The average Bonchev–Trinajstić information content (AvgIpc) is 2.55. The van der Waals surface area contributed by atoms with Crippen LogP contribution in [0.2, 0.25) is 0 Å². The second kappa shape index (κ2) is 8.93. The molecule has 124 valence electrons. The van der Waals surface area contributed by atoms with Gasteiger partial charge >= 0.3 is 0 Å². The second-order valence-corrected chi connectivity index (χ2v) is 5.28. The molecular formula is C19H25NO3. The normalized spacial score (nSPS) is 13.1. The Morgan fingerprint density at radius 3 is 2.65 bits per heavy atom. The number of aliphatic imine (C=N–C) groups is 1. The van der Waals surface area contributed by atoms with E-state index in [0.717, 1.165) is 12.8 Å². The van der Waals surface area contributed by atoms with Crippen molar-refractivity contribution in [3.8, 4) is 11.5 Å². The summed E-state index contributed by atoms with van der Waals surface area (Å²) < 4.78 is 5.04. The van der Waals surface area contributed by atoms with Gasteiger partial charge in [-0.3, -0.25) is 9.79 Å². The Bertz CT molecular complexity index is 630. The molecule has 0 amide bonds. The highest BCUT2D eigenvalue weighted by atomic mass is 16.5. The molecule has 0 aliphatic carbocycles. The van der Waals surface area contributed by atoms with Gasteiger partial charge < -0.3 is 9.84 Å². The van der Waals surface area contributed by atoms with Gasteiger partial charge in [-0.1, -0.05) is 24.6 Å². The van der Waals surface area contributed by atoms with Gasteiger partial charge in [0.15, 0.2) is 17.3 Å². The van der Waals surface area contributed by atoms with Crippen LogP contribution in [0.25, 0.3) is 0 Å². The van der Waals surface area contributed by atoms with Gasteiger partial charge in [0.05, 0.1) is 12.8 Å². The van der Waals surface area contributed by atoms with Gasteiger partial charge in [-0.15, -0.1) is 6.58 Å². The lowest BCUT2D eigenvalue weighted by Gasteiger charge is -2.11. The minimum absolute atomic E-state index is 0.0393. The third-order valence-corrected chi connectivity index (χ3v) is 3.74. The predicted molar refractivity (Wildman–Crippen MR) is 95.2 cm³/mol. The Labute approximate surface area is 138 Å². The number of carbonyl (C=O) groups excluding carboxylic acids is 1. The number of benzene rings is 1. The molecule has 0 aromatic heterocycles. The number of hydrogen-bond donors (Lipinski definition) is 1. The van der Waals surface area contributed by atoms with Crippen molar-refractivity contribution >= 4 is 17.7 Å². The first kappa shape index (κ1) is 18.7. The van der Waals surface area contributed by atoms with Gasteiger partial charge in [-0.25, -0.2) is 0 Å². The van der Waals surface area contributed by atoms with Crippen molar-refractivity contribution in [3.63, 3.8) is 0 Å². The fourth-order valence-corrected chi connectivity index (χ4v) is 2.25. The van der Waals surface area contributed by atoms with Crippen LogP contribution >= 0.6 is 0 Å². The van der Waals surface area contributed by atoms with Crippen molar-refractivity contribution < 1.29 is 14.6 Å². The number of rotatable bonds is 8. The van der Waals surface area contributed by atoms with E-state index in [9.17, 15) is 9.90 Å². The lowest BCUT2D eigenvalue weighted by Crippen LogP contribution is -2.00. The number of nitrogens with zero attached hydrogens (tertiary/aromatic N) is 1. The van der Waals surface area contributed by atoms with E-state index in [1.54, 1.807) is 6.21 Å². The van der Waals surface area contributed by atoms with Crippen LogP contribution in [-0.4, -0.2) is 24.2 Å². The molecule has 4 nitrogen and oxygen atoms in total. The summed E-state index contributed by atoms with van der Waals surface area (Å²) in [6, 6.07) is 2.96. The molecule has 0 aliphatic heterocycles. The maximum Gasteiger partial charge on any atom is 0.162 e. The van der Waals surface area contributed by atoms with Crippen LogP contribution in [0.3, 0.4) is 0 Å². The molecule has 0 spiro atoms. The first-order chi connectivity index (χ1) is 11.0. The maximum atomic E-state index is 11.8. The van der Waals surface area contributed by atoms with Crippen LogP contribution in [0.1, 0.15) is 44.0 Å². The number of aromatic hydroxyl groups is 1.